The van der Waals surface area contributed by atoms with E-state index in [1.165, 1.54) is 4.90 Å². The van der Waals surface area contributed by atoms with Gasteiger partial charge >= 0.3 is 0 Å². The molecule has 20 heavy (non-hydrogen) atoms. The third-order valence-corrected chi connectivity index (χ3v) is 3.47. The molecule has 0 saturated carbocycles. The number of carbonyl (C=O) groups is 2. The predicted molar refractivity (Wildman–Crippen MR) is 73.6 cm³/mol. The zero-order valence-corrected chi connectivity index (χ0v) is 11.0. The van der Waals surface area contributed by atoms with Gasteiger partial charge < -0.3 is 0 Å². The standard InChI is InChI=1S/C16H14N2O2/c19-15-8-13-5-1-2-6-14(13)9-16(20)18(15)11-12-4-3-7-17-10-12/h1-7,10H,8-9,11H2. The van der Waals surface area contributed by atoms with E-state index in [9.17, 15) is 9.59 Å². The van der Waals surface area contributed by atoms with Crippen LogP contribution >= 0.6 is 0 Å². The van der Waals surface area contributed by atoms with Crippen molar-refractivity contribution < 1.29 is 9.59 Å². The molecule has 0 aliphatic carbocycles. The summed E-state index contributed by atoms with van der Waals surface area (Å²) in [6.45, 7) is 0.291. The summed E-state index contributed by atoms with van der Waals surface area (Å²) in [5.41, 5.74) is 2.75. The van der Waals surface area contributed by atoms with Crippen molar-refractivity contribution in [2.24, 2.45) is 0 Å². The summed E-state index contributed by atoms with van der Waals surface area (Å²) >= 11 is 0. The molecule has 3 rings (SSSR count). The maximum atomic E-state index is 12.3. The van der Waals surface area contributed by atoms with Gasteiger partial charge in [0.25, 0.3) is 0 Å². The Morgan fingerprint density at radius 1 is 0.950 bits per heavy atom. The molecule has 100 valence electrons. The number of pyridine rings is 1. The Kier molecular flexibility index (Phi) is 3.29. The predicted octanol–water partition coefficient (Wildman–Crippen LogP) is 1.74. The van der Waals surface area contributed by atoms with E-state index in [1.807, 2.05) is 30.3 Å². The quantitative estimate of drug-likeness (QED) is 0.778. The molecule has 2 aromatic rings. The van der Waals surface area contributed by atoms with Gasteiger partial charge in [0.15, 0.2) is 0 Å². The SMILES string of the molecule is O=C1Cc2ccccc2CC(=O)N1Cc1cccnc1. The highest BCUT2D eigenvalue weighted by Crippen LogP contribution is 2.18. The number of imide groups is 1. The van der Waals surface area contributed by atoms with Gasteiger partial charge in [-0.15, -0.1) is 0 Å². The van der Waals surface area contributed by atoms with Crippen molar-refractivity contribution in [3.8, 4) is 0 Å². The Morgan fingerprint density at radius 2 is 1.60 bits per heavy atom. The number of fused-ring (bicyclic) bond motifs is 1. The van der Waals surface area contributed by atoms with E-state index in [1.54, 1.807) is 18.5 Å². The minimum Gasteiger partial charge on any atom is -0.278 e. The van der Waals surface area contributed by atoms with Gasteiger partial charge in [0, 0.05) is 12.4 Å². The highest BCUT2D eigenvalue weighted by molar-refractivity contribution is 5.98. The van der Waals surface area contributed by atoms with Gasteiger partial charge in [-0.05, 0) is 22.8 Å². The van der Waals surface area contributed by atoms with E-state index < -0.39 is 0 Å². The Labute approximate surface area is 117 Å². The fourth-order valence-corrected chi connectivity index (χ4v) is 2.41. The molecule has 0 radical (unpaired) electrons. The number of hydrogen-bond donors (Lipinski definition) is 0. The number of aromatic nitrogens is 1. The van der Waals surface area contributed by atoms with Crippen LogP contribution in [-0.2, 0) is 29.0 Å². The highest BCUT2D eigenvalue weighted by atomic mass is 16.2. The van der Waals surface area contributed by atoms with Gasteiger partial charge in [-0.3, -0.25) is 19.5 Å². The first-order chi connectivity index (χ1) is 9.74. The Morgan fingerprint density at radius 3 is 2.15 bits per heavy atom. The first-order valence-corrected chi connectivity index (χ1v) is 6.53. The van der Waals surface area contributed by atoms with Crippen molar-refractivity contribution >= 4 is 11.8 Å². The highest BCUT2D eigenvalue weighted by Gasteiger charge is 2.26. The van der Waals surface area contributed by atoms with E-state index in [-0.39, 0.29) is 24.7 Å². The van der Waals surface area contributed by atoms with Gasteiger partial charge in [-0.2, -0.15) is 0 Å². The summed E-state index contributed by atoms with van der Waals surface area (Å²) in [7, 11) is 0. The summed E-state index contributed by atoms with van der Waals surface area (Å²) in [5.74, 6) is -0.299. The van der Waals surface area contributed by atoms with Crippen LogP contribution in [0.3, 0.4) is 0 Å². The van der Waals surface area contributed by atoms with E-state index in [2.05, 4.69) is 4.98 Å². The first-order valence-electron chi connectivity index (χ1n) is 6.53. The molecule has 1 aromatic heterocycles. The third kappa shape index (κ3) is 2.45. The second kappa shape index (κ2) is 5.25. The molecule has 0 fully saturated rings. The van der Waals surface area contributed by atoms with Crippen LogP contribution in [0.2, 0.25) is 0 Å². The van der Waals surface area contributed by atoms with Crippen LogP contribution in [0.15, 0.2) is 48.8 Å². The topological polar surface area (TPSA) is 50.3 Å². The molecule has 0 N–H and O–H groups in total. The van der Waals surface area contributed by atoms with E-state index in [4.69, 9.17) is 0 Å². The molecule has 0 atom stereocenters. The first kappa shape index (κ1) is 12.5. The van der Waals surface area contributed by atoms with E-state index in [0.717, 1.165) is 16.7 Å². The van der Waals surface area contributed by atoms with Gasteiger partial charge in [0.1, 0.15) is 0 Å². The van der Waals surface area contributed by atoms with Gasteiger partial charge in [-0.25, -0.2) is 0 Å². The van der Waals surface area contributed by atoms with Gasteiger partial charge in [0.05, 0.1) is 19.4 Å². The number of carbonyl (C=O) groups excluding carboxylic acids is 2. The second-order valence-electron chi connectivity index (χ2n) is 4.86. The van der Waals surface area contributed by atoms with Crippen LogP contribution in [0.4, 0.5) is 0 Å². The maximum Gasteiger partial charge on any atom is 0.233 e. The minimum absolute atomic E-state index is 0.149. The largest absolute Gasteiger partial charge is 0.278 e. The van der Waals surface area contributed by atoms with Crippen molar-refractivity contribution in [3.63, 3.8) is 0 Å². The van der Waals surface area contributed by atoms with E-state index >= 15 is 0 Å². The van der Waals surface area contributed by atoms with Gasteiger partial charge in [0.2, 0.25) is 11.8 Å². The Balaban J connectivity index is 1.87. The molecule has 0 bridgehead atoms. The normalized spacial score (nSPS) is 14.9. The van der Waals surface area contributed by atoms with Crippen molar-refractivity contribution in [2.45, 2.75) is 19.4 Å². The molecule has 1 aliphatic heterocycles. The average Bonchev–Trinajstić information content (AvgIpc) is 2.58. The molecule has 0 unspecified atom stereocenters. The fraction of sp³-hybridized carbons (Fsp3) is 0.188. The summed E-state index contributed by atoms with van der Waals surface area (Å²) in [6, 6.07) is 11.3. The molecule has 1 aliphatic rings. The Bertz CT molecular complexity index is 616. The van der Waals surface area contributed by atoms with Crippen molar-refractivity contribution in [3.05, 3.63) is 65.5 Å². The van der Waals surface area contributed by atoms with Crippen LogP contribution in [-0.4, -0.2) is 21.7 Å². The van der Waals surface area contributed by atoms with Crippen LogP contribution in [0, 0.1) is 0 Å². The molecular formula is C16H14N2O2. The lowest BCUT2D eigenvalue weighted by Gasteiger charge is -2.18. The summed E-state index contributed by atoms with van der Waals surface area (Å²) in [6.07, 6.45) is 3.91. The second-order valence-corrected chi connectivity index (χ2v) is 4.86. The van der Waals surface area contributed by atoms with Crippen LogP contribution in [0.25, 0.3) is 0 Å². The molecular weight excluding hydrogens is 252 g/mol. The minimum atomic E-state index is -0.149. The molecule has 4 nitrogen and oxygen atoms in total. The van der Waals surface area contributed by atoms with Crippen molar-refractivity contribution in [1.29, 1.82) is 0 Å². The zero-order chi connectivity index (χ0) is 13.9. The summed E-state index contributed by atoms with van der Waals surface area (Å²) < 4.78 is 0. The van der Waals surface area contributed by atoms with Crippen LogP contribution in [0.5, 0.6) is 0 Å². The Hall–Kier alpha value is -2.49. The number of hydrogen-bond acceptors (Lipinski definition) is 3. The molecule has 1 aromatic carbocycles. The molecule has 0 spiro atoms. The lowest BCUT2D eigenvalue weighted by Crippen LogP contribution is -2.36. The van der Waals surface area contributed by atoms with Gasteiger partial charge in [-0.1, -0.05) is 30.3 Å². The monoisotopic (exact) mass is 266 g/mol. The van der Waals surface area contributed by atoms with Crippen LogP contribution < -0.4 is 0 Å². The summed E-state index contributed by atoms with van der Waals surface area (Å²) in [5, 5.41) is 0. The van der Waals surface area contributed by atoms with Crippen LogP contribution in [0.1, 0.15) is 16.7 Å². The van der Waals surface area contributed by atoms with E-state index in [0.29, 0.717) is 6.54 Å². The fourth-order valence-electron chi connectivity index (χ4n) is 2.41. The maximum absolute atomic E-state index is 12.3. The van der Waals surface area contributed by atoms with Crippen molar-refractivity contribution in [1.82, 2.24) is 9.88 Å². The summed E-state index contributed by atoms with van der Waals surface area (Å²) in [4.78, 5) is 29.9. The molecule has 2 amide bonds. The number of amides is 2. The smallest absolute Gasteiger partial charge is 0.233 e. The third-order valence-electron chi connectivity index (χ3n) is 3.47. The zero-order valence-electron chi connectivity index (χ0n) is 11.0. The number of rotatable bonds is 2. The number of benzene rings is 1. The molecule has 0 saturated heterocycles. The number of nitrogens with zero attached hydrogens (tertiary/aromatic N) is 2. The molecule has 2 heterocycles. The average molecular weight is 266 g/mol. The van der Waals surface area contributed by atoms with Crippen molar-refractivity contribution in [2.75, 3.05) is 0 Å². The lowest BCUT2D eigenvalue weighted by atomic mass is 10.0. The molecule has 4 heteroatoms. The lowest BCUT2D eigenvalue weighted by molar-refractivity contribution is -0.144.